The average molecular weight is 591 g/mol. The average Bonchev–Trinajstić information content (AvgIpc) is 3.19. The molecule has 204 valence electrons. The predicted molar refractivity (Wildman–Crippen MR) is 143 cm³/mol. The highest BCUT2D eigenvalue weighted by atomic mass is 79.9. The summed E-state index contributed by atoms with van der Waals surface area (Å²) in [6.45, 7) is 3.97. The van der Waals surface area contributed by atoms with Gasteiger partial charge in [0.25, 0.3) is 11.7 Å². The lowest BCUT2D eigenvalue weighted by atomic mass is 9.94. The molecule has 1 atom stereocenters. The van der Waals surface area contributed by atoms with Crippen LogP contribution in [0.15, 0.2) is 40.4 Å². The zero-order chi connectivity index (χ0) is 27.4. The first kappa shape index (κ1) is 27.7. The number of carbonyl (C=O) groups excluding carboxylic acids is 2. The van der Waals surface area contributed by atoms with Crippen molar-refractivity contribution >= 4 is 33.4 Å². The minimum Gasteiger partial charge on any atom is -0.507 e. The molecule has 2 fully saturated rings. The van der Waals surface area contributed by atoms with Crippen LogP contribution in [0.25, 0.3) is 5.76 Å². The number of benzene rings is 2. The molecule has 1 amide bonds. The number of carbonyl (C=O) groups is 2. The van der Waals surface area contributed by atoms with Crippen LogP contribution in [0.4, 0.5) is 0 Å². The number of Topliss-reactive ketones (excluding diaryl/α,β-unsaturated/α-hetero) is 1. The number of morpholine rings is 1. The van der Waals surface area contributed by atoms with Crippen molar-refractivity contribution in [2.45, 2.75) is 12.5 Å². The van der Waals surface area contributed by atoms with Crippen LogP contribution in [0.5, 0.6) is 23.0 Å². The Morgan fingerprint density at radius 2 is 1.68 bits per heavy atom. The molecule has 2 heterocycles. The predicted octanol–water partition coefficient (Wildman–Crippen LogP) is 3.32. The Balaban J connectivity index is 1.77. The van der Waals surface area contributed by atoms with Gasteiger partial charge in [0.15, 0.2) is 23.0 Å². The molecule has 2 aromatic rings. The number of phenols is 1. The molecule has 4 rings (SSSR count). The molecule has 11 heteroatoms. The molecule has 38 heavy (non-hydrogen) atoms. The Morgan fingerprint density at radius 1 is 1.00 bits per heavy atom. The number of nitrogens with zero attached hydrogens (tertiary/aromatic N) is 2. The van der Waals surface area contributed by atoms with Gasteiger partial charge in [-0.15, -0.1) is 0 Å². The number of aliphatic hydroxyl groups excluding tert-OH is 1. The number of ether oxygens (including phenoxy) is 4. The minimum atomic E-state index is -0.904. The molecular formula is C27H31BrN2O8. The smallest absolute Gasteiger partial charge is 0.295 e. The maximum atomic E-state index is 13.4. The second-order valence-electron chi connectivity index (χ2n) is 8.92. The van der Waals surface area contributed by atoms with Crippen molar-refractivity contribution in [2.24, 2.45) is 0 Å². The number of rotatable bonds is 9. The van der Waals surface area contributed by atoms with E-state index in [2.05, 4.69) is 20.8 Å². The fourth-order valence-electron chi connectivity index (χ4n) is 4.79. The molecule has 2 aromatic carbocycles. The number of phenolic OH excluding ortho intramolecular Hbond substituents is 1. The second kappa shape index (κ2) is 12.1. The number of halogens is 1. The first-order chi connectivity index (χ1) is 18.3. The monoisotopic (exact) mass is 590 g/mol. The van der Waals surface area contributed by atoms with E-state index in [0.29, 0.717) is 46.7 Å². The zero-order valence-electron chi connectivity index (χ0n) is 21.5. The van der Waals surface area contributed by atoms with E-state index in [0.717, 1.165) is 19.6 Å². The summed E-state index contributed by atoms with van der Waals surface area (Å²) < 4.78 is 21.7. The van der Waals surface area contributed by atoms with Crippen molar-refractivity contribution in [3.05, 3.63) is 51.5 Å². The standard InChI is InChI=1S/C27H31BrN2O8/c1-35-19-6-5-16(14-20(19)36-2)24(31)22-23(17-13-18(28)25(32)21(15-17)37-3)30(27(34)26(22)33)8-4-7-29-9-11-38-12-10-29/h5-6,13-15,23,31-32H,4,7-12H2,1-3H3/t23-/m1/s1. The third-order valence-corrected chi connectivity index (χ3v) is 7.36. The highest BCUT2D eigenvalue weighted by molar-refractivity contribution is 9.10. The van der Waals surface area contributed by atoms with Gasteiger partial charge in [-0.05, 0) is 58.2 Å². The number of hydrogen-bond acceptors (Lipinski definition) is 9. The molecule has 0 spiro atoms. The third kappa shape index (κ3) is 5.45. The van der Waals surface area contributed by atoms with Gasteiger partial charge in [0.2, 0.25) is 0 Å². The fourth-order valence-corrected chi connectivity index (χ4v) is 5.25. The Bertz CT molecular complexity index is 1240. The van der Waals surface area contributed by atoms with Crippen LogP contribution < -0.4 is 14.2 Å². The Morgan fingerprint density at radius 3 is 2.34 bits per heavy atom. The van der Waals surface area contributed by atoms with Crippen molar-refractivity contribution < 1.29 is 38.7 Å². The Kier molecular flexibility index (Phi) is 8.80. The Hall–Kier alpha value is -3.28. The molecule has 0 radical (unpaired) electrons. The van der Waals surface area contributed by atoms with E-state index in [1.165, 1.54) is 26.2 Å². The molecule has 0 aliphatic carbocycles. The van der Waals surface area contributed by atoms with Gasteiger partial charge in [-0.25, -0.2) is 0 Å². The molecule has 0 bridgehead atoms. The summed E-state index contributed by atoms with van der Waals surface area (Å²) in [5, 5.41) is 21.7. The highest BCUT2D eigenvalue weighted by Crippen LogP contribution is 2.45. The molecule has 0 aromatic heterocycles. The van der Waals surface area contributed by atoms with Crippen LogP contribution in [-0.4, -0.2) is 92.4 Å². The normalized spacial score (nSPS) is 19.6. The van der Waals surface area contributed by atoms with E-state index < -0.39 is 17.7 Å². The SMILES string of the molecule is COc1ccc(C(O)=C2C(=O)C(=O)N(CCCN3CCOCC3)[C@@H]2c2cc(Br)c(O)c(OC)c2)cc1OC. The van der Waals surface area contributed by atoms with Crippen molar-refractivity contribution in [1.29, 1.82) is 0 Å². The quantitative estimate of drug-likeness (QED) is 0.257. The number of hydrogen-bond donors (Lipinski definition) is 2. The zero-order valence-corrected chi connectivity index (χ0v) is 23.1. The molecule has 0 unspecified atom stereocenters. The number of aliphatic hydroxyl groups is 1. The maximum Gasteiger partial charge on any atom is 0.295 e. The molecule has 2 N–H and O–H groups in total. The molecule has 10 nitrogen and oxygen atoms in total. The van der Waals surface area contributed by atoms with Crippen molar-refractivity contribution in [3.8, 4) is 23.0 Å². The number of likely N-dealkylation sites (tertiary alicyclic amines) is 1. The van der Waals surface area contributed by atoms with Gasteiger partial charge in [-0.1, -0.05) is 0 Å². The molecule has 0 saturated carbocycles. The lowest BCUT2D eigenvalue weighted by Gasteiger charge is -2.29. The first-order valence-electron chi connectivity index (χ1n) is 12.2. The van der Waals surface area contributed by atoms with Crippen molar-refractivity contribution in [3.63, 3.8) is 0 Å². The van der Waals surface area contributed by atoms with E-state index in [-0.39, 0.29) is 29.4 Å². The topological polar surface area (TPSA) is 118 Å². The van der Waals surface area contributed by atoms with Gasteiger partial charge in [-0.3, -0.25) is 14.5 Å². The van der Waals surface area contributed by atoms with E-state index >= 15 is 0 Å². The van der Waals surface area contributed by atoms with Crippen molar-refractivity contribution in [2.75, 3.05) is 60.7 Å². The lowest BCUT2D eigenvalue weighted by molar-refractivity contribution is -0.140. The van der Waals surface area contributed by atoms with Crippen molar-refractivity contribution in [1.82, 2.24) is 9.80 Å². The van der Waals surface area contributed by atoms with Gasteiger partial charge in [0, 0.05) is 31.7 Å². The van der Waals surface area contributed by atoms with Gasteiger partial charge in [0.05, 0.1) is 50.6 Å². The molecule has 2 aliphatic heterocycles. The summed E-state index contributed by atoms with van der Waals surface area (Å²) in [4.78, 5) is 30.4. The second-order valence-corrected chi connectivity index (χ2v) is 9.78. The van der Waals surface area contributed by atoms with Crippen LogP contribution in [-0.2, 0) is 14.3 Å². The van der Waals surface area contributed by atoms with E-state index in [1.807, 2.05) is 0 Å². The summed E-state index contributed by atoms with van der Waals surface area (Å²) in [6, 6.07) is 7.02. The van der Waals surface area contributed by atoms with Gasteiger partial charge in [0.1, 0.15) is 5.76 Å². The molecular weight excluding hydrogens is 560 g/mol. The third-order valence-electron chi connectivity index (χ3n) is 6.76. The number of amides is 1. The van der Waals surface area contributed by atoms with Gasteiger partial charge < -0.3 is 34.1 Å². The van der Waals surface area contributed by atoms with Crippen LogP contribution >= 0.6 is 15.9 Å². The number of ketones is 1. The van der Waals surface area contributed by atoms with Crippen LogP contribution in [0, 0.1) is 0 Å². The first-order valence-corrected chi connectivity index (χ1v) is 13.0. The van der Waals surface area contributed by atoms with E-state index in [9.17, 15) is 19.8 Å². The molecule has 2 saturated heterocycles. The summed E-state index contributed by atoms with van der Waals surface area (Å²) in [6.07, 6.45) is 0.621. The summed E-state index contributed by atoms with van der Waals surface area (Å²) >= 11 is 3.33. The number of aromatic hydroxyl groups is 1. The summed E-state index contributed by atoms with van der Waals surface area (Å²) in [5.74, 6) is -0.967. The lowest BCUT2D eigenvalue weighted by Crippen LogP contribution is -2.39. The van der Waals surface area contributed by atoms with Crippen LogP contribution in [0.1, 0.15) is 23.6 Å². The largest absolute Gasteiger partial charge is 0.507 e. The van der Waals surface area contributed by atoms with Gasteiger partial charge in [-0.2, -0.15) is 0 Å². The van der Waals surface area contributed by atoms with Crippen LogP contribution in [0.3, 0.4) is 0 Å². The van der Waals surface area contributed by atoms with E-state index in [1.54, 1.807) is 30.3 Å². The molecule has 2 aliphatic rings. The maximum absolute atomic E-state index is 13.4. The highest BCUT2D eigenvalue weighted by Gasteiger charge is 2.46. The van der Waals surface area contributed by atoms with Gasteiger partial charge >= 0.3 is 0 Å². The van der Waals surface area contributed by atoms with E-state index in [4.69, 9.17) is 18.9 Å². The summed E-state index contributed by atoms with van der Waals surface area (Å²) in [5.41, 5.74) is 0.733. The number of methoxy groups -OCH3 is 3. The Labute approximate surface area is 229 Å². The minimum absolute atomic E-state index is 0.0618. The van der Waals surface area contributed by atoms with Crippen LogP contribution in [0.2, 0.25) is 0 Å². The fraction of sp³-hybridized carbons (Fsp3) is 0.407. The summed E-state index contributed by atoms with van der Waals surface area (Å²) in [7, 11) is 4.37.